The van der Waals surface area contributed by atoms with Crippen molar-refractivity contribution < 1.29 is 14.0 Å². The molecule has 0 atom stereocenters. The van der Waals surface area contributed by atoms with Crippen LogP contribution in [0.4, 0.5) is 4.39 Å². The fourth-order valence-electron chi connectivity index (χ4n) is 1.59. The van der Waals surface area contributed by atoms with Crippen molar-refractivity contribution in [3.05, 3.63) is 35.1 Å². The summed E-state index contributed by atoms with van der Waals surface area (Å²) in [4.78, 5) is 24.2. The molecule has 0 aliphatic carbocycles. The van der Waals surface area contributed by atoms with Gasteiger partial charge in [0.2, 0.25) is 5.91 Å². The molecule has 1 rings (SSSR count). The van der Waals surface area contributed by atoms with E-state index in [0.717, 1.165) is 6.07 Å². The Morgan fingerprint density at radius 1 is 1.40 bits per heavy atom. The van der Waals surface area contributed by atoms with Gasteiger partial charge in [-0.1, -0.05) is 11.8 Å². The molecule has 1 aromatic rings. The standard InChI is InChI=1S/C14H16FN3O2/c1-2-18(9-13(17)19)14(20)11-6-5-10(4-3-7-16)12(15)8-11/h5-6,8H,2,7,9,16H2,1H3,(H2,17,19). The van der Waals surface area contributed by atoms with Gasteiger partial charge in [0.1, 0.15) is 5.82 Å². The Morgan fingerprint density at radius 2 is 2.10 bits per heavy atom. The molecule has 2 amide bonds. The van der Waals surface area contributed by atoms with Gasteiger partial charge >= 0.3 is 0 Å². The Kier molecular flexibility index (Phi) is 5.69. The summed E-state index contributed by atoms with van der Waals surface area (Å²) >= 11 is 0. The molecule has 0 aliphatic rings. The molecule has 0 saturated carbocycles. The molecule has 5 nitrogen and oxygen atoms in total. The maximum Gasteiger partial charge on any atom is 0.254 e. The van der Waals surface area contributed by atoms with E-state index < -0.39 is 17.6 Å². The Hall–Kier alpha value is -2.39. The van der Waals surface area contributed by atoms with Crippen LogP contribution in [0.2, 0.25) is 0 Å². The lowest BCUT2D eigenvalue weighted by molar-refractivity contribution is -0.118. The number of benzene rings is 1. The number of nitrogens with two attached hydrogens (primary N) is 2. The largest absolute Gasteiger partial charge is 0.368 e. The highest BCUT2D eigenvalue weighted by atomic mass is 19.1. The molecule has 20 heavy (non-hydrogen) atoms. The SMILES string of the molecule is CCN(CC(N)=O)C(=O)c1ccc(C#CCN)c(F)c1. The van der Waals surface area contributed by atoms with Gasteiger partial charge in [-0.25, -0.2) is 4.39 Å². The van der Waals surface area contributed by atoms with Gasteiger partial charge < -0.3 is 16.4 Å². The van der Waals surface area contributed by atoms with E-state index >= 15 is 0 Å². The summed E-state index contributed by atoms with van der Waals surface area (Å²) in [5.74, 6) is 3.42. The summed E-state index contributed by atoms with van der Waals surface area (Å²) in [7, 11) is 0. The number of carbonyl (C=O) groups excluding carboxylic acids is 2. The predicted octanol–water partition coefficient (Wildman–Crippen LogP) is 0.0833. The summed E-state index contributed by atoms with van der Waals surface area (Å²) < 4.78 is 13.8. The molecule has 1 aromatic carbocycles. The van der Waals surface area contributed by atoms with E-state index in [0.29, 0.717) is 6.54 Å². The second-order valence-electron chi connectivity index (χ2n) is 3.99. The third-order valence-electron chi connectivity index (χ3n) is 2.56. The Labute approximate surface area is 116 Å². The number of likely N-dealkylation sites (N-methyl/N-ethyl adjacent to an activating group) is 1. The molecule has 106 valence electrons. The topological polar surface area (TPSA) is 89.4 Å². The molecule has 0 radical (unpaired) electrons. The van der Waals surface area contributed by atoms with Gasteiger partial charge in [0.25, 0.3) is 5.91 Å². The van der Waals surface area contributed by atoms with Crippen LogP contribution in [0.3, 0.4) is 0 Å². The number of rotatable bonds is 4. The van der Waals surface area contributed by atoms with Crippen molar-refractivity contribution in [3.8, 4) is 11.8 Å². The molecule has 0 spiro atoms. The summed E-state index contributed by atoms with van der Waals surface area (Å²) in [5, 5.41) is 0. The van der Waals surface area contributed by atoms with E-state index in [1.807, 2.05) is 0 Å². The van der Waals surface area contributed by atoms with E-state index in [-0.39, 0.29) is 24.2 Å². The van der Waals surface area contributed by atoms with Crippen molar-refractivity contribution in [3.63, 3.8) is 0 Å². The van der Waals surface area contributed by atoms with Crippen LogP contribution in [0.1, 0.15) is 22.8 Å². The normalized spacial score (nSPS) is 9.55. The minimum atomic E-state index is -0.619. The first-order valence-electron chi connectivity index (χ1n) is 6.05. The number of nitrogens with zero attached hydrogens (tertiary/aromatic N) is 1. The quantitative estimate of drug-likeness (QED) is 0.764. The minimum Gasteiger partial charge on any atom is -0.368 e. The van der Waals surface area contributed by atoms with Crippen molar-refractivity contribution in [1.29, 1.82) is 0 Å². The van der Waals surface area contributed by atoms with Crippen molar-refractivity contribution in [2.24, 2.45) is 11.5 Å². The van der Waals surface area contributed by atoms with E-state index in [2.05, 4.69) is 11.8 Å². The van der Waals surface area contributed by atoms with E-state index in [4.69, 9.17) is 11.5 Å². The predicted molar refractivity (Wildman–Crippen MR) is 73.1 cm³/mol. The lowest BCUT2D eigenvalue weighted by Gasteiger charge is -2.19. The molecule has 0 fully saturated rings. The van der Waals surface area contributed by atoms with Gasteiger partial charge in [0.15, 0.2) is 0 Å². The third kappa shape index (κ3) is 4.07. The first-order valence-corrected chi connectivity index (χ1v) is 6.05. The van der Waals surface area contributed by atoms with Crippen LogP contribution in [0, 0.1) is 17.7 Å². The summed E-state index contributed by atoms with van der Waals surface area (Å²) in [6.45, 7) is 1.93. The van der Waals surface area contributed by atoms with Crippen molar-refractivity contribution in [2.75, 3.05) is 19.6 Å². The van der Waals surface area contributed by atoms with Crippen LogP contribution in [-0.4, -0.2) is 36.3 Å². The summed E-state index contributed by atoms with van der Waals surface area (Å²) in [6, 6.07) is 3.95. The highest BCUT2D eigenvalue weighted by Crippen LogP contribution is 2.11. The number of halogens is 1. The van der Waals surface area contributed by atoms with Crippen LogP contribution in [0.15, 0.2) is 18.2 Å². The van der Waals surface area contributed by atoms with Gasteiger partial charge in [-0.3, -0.25) is 9.59 Å². The average molecular weight is 277 g/mol. The van der Waals surface area contributed by atoms with E-state index in [1.165, 1.54) is 17.0 Å². The number of hydrogen-bond donors (Lipinski definition) is 2. The number of amides is 2. The number of primary amides is 1. The van der Waals surface area contributed by atoms with Gasteiger partial charge in [-0.2, -0.15) is 0 Å². The molecule has 0 bridgehead atoms. The zero-order chi connectivity index (χ0) is 15.1. The first kappa shape index (κ1) is 15.7. The fraction of sp³-hybridized carbons (Fsp3) is 0.286. The van der Waals surface area contributed by atoms with E-state index in [1.54, 1.807) is 6.92 Å². The second-order valence-corrected chi connectivity index (χ2v) is 3.99. The lowest BCUT2D eigenvalue weighted by Crippen LogP contribution is -2.38. The van der Waals surface area contributed by atoms with Crippen molar-refractivity contribution in [1.82, 2.24) is 4.90 Å². The zero-order valence-corrected chi connectivity index (χ0v) is 11.1. The summed E-state index contributed by atoms with van der Waals surface area (Å²) in [6.07, 6.45) is 0. The van der Waals surface area contributed by atoms with Crippen LogP contribution >= 0.6 is 0 Å². The molecule has 6 heteroatoms. The molecule has 0 aliphatic heterocycles. The van der Waals surface area contributed by atoms with E-state index in [9.17, 15) is 14.0 Å². The highest BCUT2D eigenvalue weighted by Gasteiger charge is 2.17. The maximum absolute atomic E-state index is 13.8. The molecule has 0 aromatic heterocycles. The maximum atomic E-state index is 13.8. The molecular formula is C14H16FN3O2. The van der Waals surface area contributed by atoms with Crippen LogP contribution < -0.4 is 11.5 Å². The molecule has 0 unspecified atom stereocenters. The first-order chi connectivity index (χ1) is 9.49. The molecule has 4 N–H and O–H groups in total. The smallest absolute Gasteiger partial charge is 0.254 e. The Balaban J connectivity index is 2.99. The second kappa shape index (κ2) is 7.26. The molecule has 0 heterocycles. The summed E-state index contributed by atoms with van der Waals surface area (Å²) in [5.41, 5.74) is 10.6. The van der Waals surface area contributed by atoms with Crippen LogP contribution in [0.25, 0.3) is 0 Å². The average Bonchev–Trinajstić information content (AvgIpc) is 2.42. The van der Waals surface area contributed by atoms with Crippen LogP contribution in [0.5, 0.6) is 0 Å². The van der Waals surface area contributed by atoms with Gasteiger partial charge in [0, 0.05) is 12.1 Å². The van der Waals surface area contributed by atoms with Gasteiger partial charge in [-0.05, 0) is 25.1 Å². The van der Waals surface area contributed by atoms with Crippen LogP contribution in [-0.2, 0) is 4.79 Å². The van der Waals surface area contributed by atoms with Crippen molar-refractivity contribution in [2.45, 2.75) is 6.92 Å². The zero-order valence-electron chi connectivity index (χ0n) is 11.1. The monoisotopic (exact) mass is 277 g/mol. The fourth-order valence-corrected chi connectivity index (χ4v) is 1.59. The molecule has 0 saturated heterocycles. The van der Waals surface area contributed by atoms with Gasteiger partial charge in [-0.15, -0.1) is 0 Å². The lowest BCUT2D eigenvalue weighted by atomic mass is 10.1. The Morgan fingerprint density at radius 3 is 2.60 bits per heavy atom. The minimum absolute atomic E-state index is 0.127. The number of carbonyl (C=O) groups is 2. The Bertz CT molecular complexity index is 576. The highest BCUT2D eigenvalue weighted by molar-refractivity contribution is 5.96. The van der Waals surface area contributed by atoms with Crippen molar-refractivity contribution >= 4 is 11.8 Å². The van der Waals surface area contributed by atoms with Gasteiger partial charge in [0.05, 0.1) is 18.7 Å². The number of hydrogen-bond acceptors (Lipinski definition) is 3. The third-order valence-corrected chi connectivity index (χ3v) is 2.56. The molecular weight excluding hydrogens is 261 g/mol.